The first-order valence-electron chi connectivity index (χ1n) is 4.38. The van der Waals surface area contributed by atoms with Crippen LogP contribution >= 0.6 is 15.9 Å². The van der Waals surface area contributed by atoms with Crippen molar-refractivity contribution in [1.82, 2.24) is 5.32 Å². The van der Waals surface area contributed by atoms with E-state index in [0.29, 0.717) is 0 Å². The number of hydrogen-bond acceptors (Lipinski definition) is 2. The lowest BCUT2D eigenvalue weighted by atomic mass is 9.94. The normalized spacial score (nSPS) is 26.6. The summed E-state index contributed by atoms with van der Waals surface area (Å²) >= 11 is 3.45. The predicted molar refractivity (Wildman–Crippen MR) is 56.3 cm³/mol. The molecule has 0 saturated heterocycles. The van der Waals surface area contributed by atoms with Gasteiger partial charge in [-0.25, -0.2) is 0 Å². The SMILES string of the molecule is COC1CCC=C2NC=C(Br)C=C21. The average Bonchev–Trinajstić information content (AvgIpc) is 2.17. The number of halogens is 1. The third-order valence-electron chi connectivity index (χ3n) is 2.38. The Balaban J connectivity index is 2.32. The van der Waals surface area contributed by atoms with Crippen molar-refractivity contribution in [3.05, 3.63) is 34.1 Å². The minimum atomic E-state index is 0.244. The van der Waals surface area contributed by atoms with E-state index >= 15 is 0 Å². The molecule has 1 unspecified atom stereocenters. The Morgan fingerprint density at radius 3 is 3.23 bits per heavy atom. The number of dihydropyridines is 1. The minimum absolute atomic E-state index is 0.244. The van der Waals surface area contributed by atoms with E-state index < -0.39 is 0 Å². The molecule has 1 atom stereocenters. The van der Waals surface area contributed by atoms with Gasteiger partial charge in [0.25, 0.3) is 0 Å². The quantitative estimate of drug-likeness (QED) is 0.762. The minimum Gasteiger partial charge on any atom is -0.377 e. The second-order valence-corrected chi connectivity index (χ2v) is 4.11. The predicted octanol–water partition coefficient (Wildman–Crippen LogP) is 2.45. The first kappa shape index (κ1) is 9.03. The molecule has 2 rings (SSSR count). The number of methoxy groups -OCH3 is 1. The lowest BCUT2D eigenvalue weighted by molar-refractivity contribution is 0.123. The van der Waals surface area contributed by atoms with Crippen LogP contribution in [0, 0.1) is 0 Å². The van der Waals surface area contributed by atoms with Crippen LogP contribution in [0.5, 0.6) is 0 Å². The van der Waals surface area contributed by atoms with Crippen LogP contribution in [0.1, 0.15) is 12.8 Å². The molecule has 1 N–H and O–H groups in total. The molecule has 0 amide bonds. The molecule has 0 saturated carbocycles. The molecule has 2 aliphatic rings. The van der Waals surface area contributed by atoms with Crippen molar-refractivity contribution in [2.24, 2.45) is 0 Å². The van der Waals surface area contributed by atoms with Gasteiger partial charge in [0.05, 0.1) is 6.10 Å². The van der Waals surface area contributed by atoms with Gasteiger partial charge in [-0.2, -0.15) is 0 Å². The number of ether oxygens (including phenoxy) is 1. The number of nitrogens with one attached hydrogen (secondary N) is 1. The smallest absolute Gasteiger partial charge is 0.0844 e. The van der Waals surface area contributed by atoms with Crippen LogP contribution in [0.15, 0.2) is 34.1 Å². The maximum absolute atomic E-state index is 5.41. The van der Waals surface area contributed by atoms with Crippen molar-refractivity contribution in [2.45, 2.75) is 18.9 Å². The van der Waals surface area contributed by atoms with Crippen LogP contribution in [0.2, 0.25) is 0 Å². The summed E-state index contributed by atoms with van der Waals surface area (Å²) in [6.07, 6.45) is 8.70. The van der Waals surface area contributed by atoms with Crippen molar-refractivity contribution in [1.29, 1.82) is 0 Å². The highest BCUT2D eigenvalue weighted by molar-refractivity contribution is 9.11. The van der Waals surface area contributed by atoms with E-state index in [0.717, 1.165) is 17.3 Å². The Morgan fingerprint density at radius 2 is 2.46 bits per heavy atom. The van der Waals surface area contributed by atoms with Crippen LogP contribution in [0.3, 0.4) is 0 Å². The Hall–Kier alpha value is -0.540. The summed E-state index contributed by atoms with van der Waals surface area (Å²) in [5.41, 5.74) is 2.45. The molecule has 0 spiro atoms. The van der Waals surface area contributed by atoms with Gasteiger partial charge in [-0.05, 0) is 34.8 Å². The van der Waals surface area contributed by atoms with Crippen LogP contribution in [-0.4, -0.2) is 13.2 Å². The number of rotatable bonds is 1. The molecule has 3 heteroatoms. The van der Waals surface area contributed by atoms with Crippen LogP contribution in [0.25, 0.3) is 0 Å². The molecule has 2 nitrogen and oxygen atoms in total. The van der Waals surface area contributed by atoms with Gasteiger partial charge in [0.1, 0.15) is 0 Å². The van der Waals surface area contributed by atoms with Crippen molar-refractivity contribution < 1.29 is 4.74 Å². The van der Waals surface area contributed by atoms with Crippen molar-refractivity contribution in [3.8, 4) is 0 Å². The van der Waals surface area contributed by atoms with E-state index in [-0.39, 0.29) is 6.10 Å². The summed E-state index contributed by atoms with van der Waals surface area (Å²) < 4.78 is 6.48. The zero-order valence-electron chi connectivity index (χ0n) is 7.51. The summed E-state index contributed by atoms with van der Waals surface area (Å²) in [5, 5.41) is 3.24. The molecular formula is C10H12BrNO. The highest BCUT2D eigenvalue weighted by atomic mass is 79.9. The molecule has 0 bridgehead atoms. The van der Waals surface area contributed by atoms with Gasteiger partial charge in [-0.1, -0.05) is 6.08 Å². The number of fused-ring (bicyclic) bond motifs is 1. The van der Waals surface area contributed by atoms with Crippen LogP contribution < -0.4 is 5.32 Å². The van der Waals surface area contributed by atoms with Gasteiger partial charge in [-0.15, -0.1) is 0 Å². The molecule has 13 heavy (non-hydrogen) atoms. The number of allylic oxidation sites excluding steroid dienone is 3. The third-order valence-corrected chi connectivity index (χ3v) is 2.84. The van der Waals surface area contributed by atoms with E-state index in [9.17, 15) is 0 Å². The van der Waals surface area contributed by atoms with E-state index in [1.54, 1.807) is 7.11 Å². The lowest BCUT2D eigenvalue weighted by Crippen LogP contribution is -2.25. The van der Waals surface area contributed by atoms with Gasteiger partial charge < -0.3 is 10.1 Å². The molecule has 1 aliphatic carbocycles. The Kier molecular flexibility index (Phi) is 2.56. The molecule has 1 heterocycles. The van der Waals surface area contributed by atoms with Gasteiger partial charge in [-0.3, -0.25) is 0 Å². The van der Waals surface area contributed by atoms with Crippen LogP contribution in [-0.2, 0) is 4.74 Å². The molecule has 1 aliphatic heterocycles. The fourth-order valence-electron chi connectivity index (χ4n) is 1.72. The van der Waals surface area contributed by atoms with E-state index in [1.165, 1.54) is 11.3 Å². The maximum Gasteiger partial charge on any atom is 0.0844 e. The highest BCUT2D eigenvalue weighted by Gasteiger charge is 2.22. The Labute approximate surface area is 86.5 Å². The van der Waals surface area contributed by atoms with Gasteiger partial charge in [0.15, 0.2) is 0 Å². The molecule has 0 aromatic carbocycles. The molecule has 0 fully saturated rings. The first-order chi connectivity index (χ1) is 6.31. The largest absolute Gasteiger partial charge is 0.377 e. The van der Waals surface area contributed by atoms with Crippen LogP contribution in [0.4, 0.5) is 0 Å². The molecular weight excluding hydrogens is 230 g/mol. The fourth-order valence-corrected chi connectivity index (χ4v) is 2.08. The van der Waals surface area contributed by atoms with Crippen molar-refractivity contribution in [3.63, 3.8) is 0 Å². The average molecular weight is 242 g/mol. The molecule has 70 valence electrons. The Morgan fingerprint density at radius 1 is 1.62 bits per heavy atom. The zero-order chi connectivity index (χ0) is 9.26. The summed E-state index contributed by atoms with van der Waals surface area (Å²) in [7, 11) is 1.76. The summed E-state index contributed by atoms with van der Waals surface area (Å²) in [6.45, 7) is 0. The molecule has 0 radical (unpaired) electrons. The zero-order valence-corrected chi connectivity index (χ0v) is 9.10. The standard InChI is InChI=1S/C10H12BrNO/c1-13-10-4-2-3-9-8(10)5-7(11)6-12-9/h3,5-6,10,12H,2,4H2,1H3. The fraction of sp³-hybridized carbons (Fsp3) is 0.400. The molecule has 0 aromatic rings. The first-order valence-corrected chi connectivity index (χ1v) is 5.17. The lowest BCUT2D eigenvalue weighted by Gasteiger charge is -2.27. The third kappa shape index (κ3) is 1.71. The second-order valence-electron chi connectivity index (χ2n) is 3.19. The second kappa shape index (κ2) is 3.68. The van der Waals surface area contributed by atoms with Gasteiger partial charge in [0, 0.05) is 29.1 Å². The summed E-state index contributed by atoms with van der Waals surface area (Å²) in [4.78, 5) is 0. The van der Waals surface area contributed by atoms with Gasteiger partial charge >= 0.3 is 0 Å². The van der Waals surface area contributed by atoms with E-state index in [4.69, 9.17) is 4.74 Å². The molecule has 0 aromatic heterocycles. The summed E-state index contributed by atoms with van der Waals surface area (Å²) in [5.74, 6) is 0. The summed E-state index contributed by atoms with van der Waals surface area (Å²) in [6, 6.07) is 0. The maximum atomic E-state index is 5.41. The number of hydrogen-bond donors (Lipinski definition) is 1. The van der Waals surface area contributed by atoms with E-state index in [1.807, 2.05) is 6.20 Å². The van der Waals surface area contributed by atoms with E-state index in [2.05, 4.69) is 33.4 Å². The highest BCUT2D eigenvalue weighted by Crippen LogP contribution is 2.29. The van der Waals surface area contributed by atoms with Gasteiger partial charge in [0.2, 0.25) is 0 Å². The topological polar surface area (TPSA) is 21.3 Å². The van der Waals surface area contributed by atoms with Crippen molar-refractivity contribution in [2.75, 3.05) is 7.11 Å². The van der Waals surface area contributed by atoms with Crippen molar-refractivity contribution >= 4 is 15.9 Å². The Bertz CT molecular complexity index is 304. The monoisotopic (exact) mass is 241 g/mol.